The Morgan fingerprint density at radius 1 is 1.32 bits per heavy atom. The summed E-state index contributed by atoms with van der Waals surface area (Å²) < 4.78 is 80.7. The molecule has 1 heterocycles. The van der Waals surface area contributed by atoms with Gasteiger partial charge in [0.15, 0.2) is 5.82 Å². The van der Waals surface area contributed by atoms with E-state index in [4.69, 9.17) is 0 Å². The Morgan fingerprint density at radius 3 is 2.39 bits per heavy atom. The number of pyridine rings is 1. The van der Waals surface area contributed by atoms with Crippen molar-refractivity contribution in [3.05, 3.63) is 39.4 Å². The van der Waals surface area contributed by atoms with Gasteiger partial charge in [0.25, 0.3) is 0 Å². The maximum Gasteiger partial charge on any atom is 0.534 e. The molecule has 1 fully saturated rings. The molecule has 0 amide bonds. The van der Waals surface area contributed by atoms with E-state index in [9.17, 15) is 40.7 Å². The Kier molecular flexibility index (Phi) is 4.64. The van der Waals surface area contributed by atoms with Gasteiger partial charge in [-0.15, -0.1) is 0 Å². The second-order valence-electron chi connectivity index (χ2n) is 6.17. The number of benzene rings is 1. The van der Waals surface area contributed by atoms with Crippen molar-refractivity contribution in [3.63, 3.8) is 0 Å². The number of fused-ring (bicyclic) bond motifs is 1. The lowest BCUT2D eigenvalue weighted by Crippen LogP contribution is -2.29. The molecular formula is C16H13F4NO6S. The highest BCUT2D eigenvalue weighted by molar-refractivity contribution is 7.88. The summed E-state index contributed by atoms with van der Waals surface area (Å²) in [6, 6.07) is 1.03. The number of aromatic nitrogens is 1. The number of hydrogen-bond acceptors (Lipinski definition) is 5. The summed E-state index contributed by atoms with van der Waals surface area (Å²) in [5.41, 5.74) is -8.04. The zero-order valence-electron chi connectivity index (χ0n) is 14.2. The van der Waals surface area contributed by atoms with Gasteiger partial charge in [0, 0.05) is 11.7 Å². The summed E-state index contributed by atoms with van der Waals surface area (Å²) in [5, 5.41) is 8.97. The maximum absolute atomic E-state index is 14.3. The first kappa shape index (κ1) is 20.1. The van der Waals surface area contributed by atoms with Gasteiger partial charge in [0.2, 0.25) is 11.2 Å². The Bertz CT molecular complexity index is 1150. The van der Waals surface area contributed by atoms with Crippen LogP contribution in [0, 0.1) is 5.82 Å². The van der Waals surface area contributed by atoms with E-state index >= 15 is 0 Å². The molecule has 1 N–H and O–H groups in total. The summed E-state index contributed by atoms with van der Waals surface area (Å²) in [6.45, 7) is 1.51. The van der Waals surface area contributed by atoms with Crippen molar-refractivity contribution in [2.45, 2.75) is 37.7 Å². The van der Waals surface area contributed by atoms with Crippen LogP contribution in [0.5, 0.6) is 5.75 Å². The van der Waals surface area contributed by atoms with Gasteiger partial charge < -0.3 is 13.9 Å². The van der Waals surface area contributed by atoms with Gasteiger partial charge in [-0.05, 0) is 31.4 Å². The molecule has 0 aliphatic heterocycles. The number of alkyl halides is 3. The fourth-order valence-electron chi connectivity index (χ4n) is 3.03. The minimum atomic E-state index is -6.22. The molecule has 0 radical (unpaired) electrons. The normalized spacial score (nSPS) is 15.0. The lowest BCUT2D eigenvalue weighted by Gasteiger charge is -2.20. The van der Waals surface area contributed by atoms with Crippen LogP contribution in [0.25, 0.3) is 10.9 Å². The third kappa shape index (κ3) is 3.11. The monoisotopic (exact) mass is 423 g/mol. The van der Waals surface area contributed by atoms with Crippen molar-refractivity contribution in [2.75, 3.05) is 0 Å². The summed E-state index contributed by atoms with van der Waals surface area (Å²) in [7, 11) is -6.22. The second kappa shape index (κ2) is 6.47. The van der Waals surface area contributed by atoms with Gasteiger partial charge >= 0.3 is 21.6 Å². The second-order valence-corrected chi connectivity index (χ2v) is 7.70. The SMILES string of the molecule is CCc1c(C(=O)O)c(=O)c2ccc(F)c(OS(=O)(=O)C(F)(F)F)c2n1C1CC1. The van der Waals surface area contributed by atoms with Gasteiger partial charge in [-0.3, -0.25) is 4.79 Å². The quantitative estimate of drug-likeness (QED) is 0.451. The molecule has 1 aromatic carbocycles. The molecule has 1 saturated carbocycles. The molecule has 0 spiro atoms. The lowest BCUT2D eigenvalue weighted by atomic mass is 10.0. The first-order valence-electron chi connectivity index (χ1n) is 8.04. The highest BCUT2D eigenvalue weighted by Gasteiger charge is 2.49. The van der Waals surface area contributed by atoms with Crippen LogP contribution in [0.1, 0.15) is 41.9 Å². The van der Waals surface area contributed by atoms with E-state index in [1.54, 1.807) is 0 Å². The largest absolute Gasteiger partial charge is 0.534 e. The van der Waals surface area contributed by atoms with Gasteiger partial charge in [-0.25, -0.2) is 9.18 Å². The van der Waals surface area contributed by atoms with E-state index in [2.05, 4.69) is 4.18 Å². The predicted molar refractivity (Wildman–Crippen MR) is 88.4 cm³/mol. The van der Waals surface area contributed by atoms with E-state index in [0.29, 0.717) is 18.9 Å². The molecule has 7 nitrogen and oxygen atoms in total. The van der Waals surface area contributed by atoms with Gasteiger partial charge in [-0.1, -0.05) is 6.92 Å². The molecule has 0 atom stereocenters. The Morgan fingerprint density at radius 2 is 1.93 bits per heavy atom. The summed E-state index contributed by atoms with van der Waals surface area (Å²) in [5.74, 6) is -4.27. The fourth-order valence-corrected chi connectivity index (χ4v) is 3.50. The molecule has 28 heavy (non-hydrogen) atoms. The smallest absolute Gasteiger partial charge is 0.477 e. The fraction of sp³-hybridized carbons (Fsp3) is 0.375. The molecule has 0 unspecified atom stereocenters. The zero-order valence-corrected chi connectivity index (χ0v) is 15.0. The molecule has 3 rings (SSSR count). The van der Waals surface area contributed by atoms with Crippen LogP contribution in [0.3, 0.4) is 0 Å². The Balaban J connectivity index is 2.47. The van der Waals surface area contributed by atoms with Crippen LogP contribution in [0.2, 0.25) is 0 Å². The Hall–Kier alpha value is -2.63. The molecule has 0 bridgehead atoms. The molecule has 1 aliphatic carbocycles. The number of halogens is 4. The van der Waals surface area contributed by atoms with E-state index in [-0.39, 0.29) is 12.1 Å². The van der Waals surface area contributed by atoms with Crippen LogP contribution in [-0.4, -0.2) is 29.6 Å². The minimum Gasteiger partial charge on any atom is -0.477 e. The highest BCUT2D eigenvalue weighted by Crippen LogP contribution is 2.42. The average molecular weight is 423 g/mol. The Labute approximate surface area is 155 Å². The zero-order chi connectivity index (χ0) is 21.0. The van der Waals surface area contributed by atoms with Crippen LogP contribution in [0.4, 0.5) is 17.6 Å². The number of carboxylic acid groups (broad SMARTS) is 1. The van der Waals surface area contributed by atoms with Crippen molar-refractivity contribution >= 4 is 27.0 Å². The topological polar surface area (TPSA) is 103 Å². The minimum absolute atomic E-state index is 0.00864. The van der Waals surface area contributed by atoms with Crippen LogP contribution in [-0.2, 0) is 16.5 Å². The van der Waals surface area contributed by atoms with E-state index < -0.39 is 61.1 Å². The summed E-state index contributed by atoms with van der Waals surface area (Å²) >= 11 is 0. The van der Waals surface area contributed by atoms with Gasteiger partial charge in [0.1, 0.15) is 11.1 Å². The average Bonchev–Trinajstić information content (AvgIpc) is 3.40. The van der Waals surface area contributed by atoms with Crippen LogP contribution >= 0.6 is 0 Å². The maximum atomic E-state index is 14.3. The molecule has 12 heteroatoms. The van der Waals surface area contributed by atoms with Crippen molar-refractivity contribution in [2.24, 2.45) is 0 Å². The third-order valence-electron chi connectivity index (χ3n) is 4.31. The predicted octanol–water partition coefficient (Wildman–Crippen LogP) is 2.96. The standard InChI is InChI=1S/C16H13F4NO6S/c1-2-10-11(15(23)24)13(22)8-5-6-9(17)14(12(8)21(10)7-3-4-7)27-28(25,26)16(18,19)20/h5-7H,2-4H2,1H3,(H,23,24). The van der Waals surface area contributed by atoms with Crippen molar-refractivity contribution in [1.29, 1.82) is 0 Å². The first-order valence-corrected chi connectivity index (χ1v) is 9.45. The van der Waals surface area contributed by atoms with Gasteiger partial charge in [-0.2, -0.15) is 21.6 Å². The first-order chi connectivity index (χ1) is 12.9. The van der Waals surface area contributed by atoms with E-state index in [1.165, 1.54) is 11.5 Å². The molecule has 1 aliphatic rings. The number of carbonyl (C=O) groups is 1. The number of carboxylic acids is 1. The number of rotatable bonds is 5. The van der Waals surface area contributed by atoms with Crippen molar-refractivity contribution in [3.8, 4) is 5.75 Å². The number of nitrogens with zero attached hydrogens (tertiary/aromatic N) is 1. The van der Waals surface area contributed by atoms with Crippen molar-refractivity contribution in [1.82, 2.24) is 4.57 Å². The summed E-state index contributed by atoms with van der Waals surface area (Å²) in [4.78, 5) is 24.2. The number of hydrogen-bond donors (Lipinski definition) is 1. The van der Waals surface area contributed by atoms with Crippen LogP contribution in [0.15, 0.2) is 16.9 Å². The van der Waals surface area contributed by atoms with E-state index in [0.717, 1.165) is 6.07 Å². The molecular weight excluding hydrogens is 410 g/mol. The van der Waals surface area contributed by atoms with Crippen LogP contribution < -0.4 is 9.61 Å². The van der Waals surface area contributed by atoms with E-state index in [1.807, 2.05) is 0 Å². The number of aromatic carboxylic acids is 1. The molecule has 2 aromatic rings. The van der Waals surface area contributed by atoms with Gasteiger partial charge in [0.05, 0.1) is 5.39 Å². The highest BCUT2D eigenvalue weighted by atomic mass is 32.2. The third-order valence-corrected chi connectivity index (χ3v) is 5.27. The molecule has 152 valence electrons. The molecule has 0 saturated heterocycles. The van der Waals surface area contributed by atoms with Crippen molar-refractivity contribution < 1.29 is 40.1 Å². The lowest BCUT2D eigenvalue weighted by molar-refractivity contribution is -0.0500. The molecule has 1 aromatic heterocycles. The summed E-state index contributed by atoms with van der Waals surface area (Å²) in [6.07, 6.45) is 0.975.